The standard InChI is InChI=1S/C14H21NO2/c1-11(15-8-14(2)9-17-10-14)12-6-4-5-7-13(12)16-3/h4-7,11,15H,8-10H2,1-3H3/t11-/m0/s1. The Labute approximate surface area is 103 Å². The molecule has 0 spiro atoms. The lowest BCUT2D eigenvalue weighted by molar-refractivity contribution is -0.0999. The molecule has 3 nitrogen and oxygen atoms in total. The topological polar surface area (TPSA) is 30.5 Å². The molecule has 0 radical (unpaired) electrons. The third-order valence-corrected chi connectivity index (χ3v) is 3.34. The highest BCUT2D eigenvalue weighted by molar-refractivity contribution is 5.35. The number of nitrogens with one attached hydrogen (secondary N) is 1. The molecule has 1 aromatic carbocycles. The molecular formula is C14H21NO2. The Morgan fingerprint density at radius 1 is 1.41 bits per heavy atom. The summed E-state index contributed by atoms with van der Waals surface area (Å²) in [4.78, 5) is 0. The van der Waals surface area contributed by atoms with Gasteiger partial charge in [-0.1, -0.05) is 25.1 Å². The van der Waals surface area contributed by atoms with E-state index in [4.69, 9.17) is 9.47 Å². The number of hydrogen-bond donors (Lipinski definition) is 1. The zero-order valence-corrected chi connectivity index (χ0v) is 10.8. The second-order valence-electron chi connectivity index (χ2n) is 5.15. The Bertz CT molecular complexity index is 374. The number of para-hydroxylation sites is 1. The van der Waals surface area contributed by atoms with E-state index in [-0.39, 0.29) is 0 Å². The Morgan fingerprint density at radius 3 is 2.71 bits per heavy atom. The second kappa shape index (κ2) is 5.07. The maximum absolute atomic E-state index is 5.37. The summed E-state index contributed by atoms with van der Waals surface area (Å²) in [5.74, 6) is 0.947. The zero-order chi connectivity index (χ0) is 12.3. The van der Waals surface area contributed by atoms with E-state index in [1.54, 1.807) is 7.11 Å². The van der Waals surface area contributed by atoms with Gasteiger partial charge in [0.2, 0.25) is 0 Å². The average molecular weight is 235 g/mol. The van der Waals surface area contributed by atoms with E-state index in [1.807, 2.05) is 18.2 Å². The van der Waals surface area contributed by atoms with Crippen LogP contribution < -0.4 is 10.1 Å². The predicted molar refractivity (Wildman–Crippen MR) is 68.3 cm³/mol. The lowest BCUT2D eigenvalue weighted by Crippen LogP contribution is -2.47. The van der Waals surface area contributed by atoms with Gasteiger partial charge in [0, 0.05) is 23.6 Å². The second-order valence-corrected chi connectivity index (χ2v) is 5.15. The number of hydrogen-bond acceptors (Lipinski definition) is 3. The molecule has 2 rings (SSSR count). The minimum absolute atomic E-state index is 0.295. The van der Waals surface area contributed by atoms with Gasteiger partial charge in [0.05, 0.1) is 20.3 Å². The summed E-state index contributed by atoms with van der Waals surface area (Å²) < 4.78 is 10.6. The molecule has 17 heavy (non-hydrogen) atoms. The molecule has 1 N–H and O–H groups in total. The zero-order valence-electron chi connectivity index (χ0n) is 10.8. The van der Waals surface area contributed by atoms with Crippen molar-refractivity contribution in [3.63, 3.8) is 0 Å². The third-order valence-electron chi connectivity index (χ3n) is 3.34. The predicted octanol–water partition coefficient (Wildman–Crippen LogP) is 2.38. The highest BCUT2D eigenvalue weighted by atomic mass is 16.5. The Kier molecular flexibility index (Phi) is 3.69. The number of rotatable bonds is 5. The first kappa shape index (κ1) is 12.4. The van der Waals surface area contributed by atoms with Crippen LogP contribution in [0.1, 0.15) is 25.5 Å². The molecule has 1 saturated heterocycles. The molecule has 0 unspecified atom stereocenters. The molecule has 0 aromatic heterocycles. The van der Waals surface area contributed by atoms with Crippen LogP contribution in [0, 0.1) is 5.41 Å². The van der Waals surface area contributed by atoms with Crippen LogP contribution in [0.4, 0.5) is 0 Å². The van der Waals surface area contributed by atoms with Crippen molar-refractivity contribution in [2.24, 2.45) is 5.41 Å². The summed E-state index contributed by atoms with van der Waals surface area (Å²) in [6.07, 6.45) is 0. The summed E-state index contributed by atoms with van der Waals surface area (Å²) in [5, 5.41) is 3.56. The summed E-state index contributed by atoms with van der Waals surface area (Å²) >= 11 is 0. The number of methoxy groups -OCH3 is 1. The van der Waals surface area contributed by atoms with Crippen molar-refractivity contribution in [2.75, 3.05) is 26.9 Å². The van der Waals surface area contributed by atoms with Crippen LogP contribution in [0.2, 0.25) is 0 Å². The molecule has 0 saturated carbocycles. The lowest BCUT2D eigenvalue weighted by atomic mass is 9.88. The quantitative estimate of drug-likeness (QED) is 0.850. The van der Waals surface area contributed by atoms with Crippen LogP contribution in [-0.2, 0) is 4.74 Å². The molecular weight excluding hydrogens is 214 g/mol. The van der Waals surface area contributed by atoms with Crippen molar-refractivity contribution >= 4 is 0 Å². The molecule has 1 aliphatic heterocycles. The van der Waals surface area contributed by atoms with Crippen molar-refractivity contribution in [3.05, 3.63) is 29.8 Å². The minimum Gasteiger partial charge on any atom is -0.496 e. The van der Waals surface area contributed by atoms with E-state index in [1.165, 1.54) is 5.56 Å². The van der Waals surface area contributed by atoms with E-state index >= 15 is 0 Å². The van der Waals surface area contributed by atoms with Crippen LogP contribution in [0.25, 0.3) is 0 Å². The molecule has 0 bridgehead atoms. The molecule has 3 heteroatoms. The van der Waals surface area contributed by atoms with Crippen LogP contribution >= 0.6 is 0 Å². The van der Waals surface area contributed by atoms with E-state index in [9.17, 15) is 0 Å². The van der Waals surface area contributed by atoms with Crippen molar-refractivity contribution in [1.29, 1.82) is 0 Å². The normalized spacial score (nSPS) is 19.5. The van der Waals surface area contributed by atoms with Crippen molar-refractivity contribution in [1.82, 2.24) is 5.32 Å². The Morgan fingerprint density at radius 2 is 2.12 bits per heavy atom. The third kappa shape index (κ3) is 2.79. The van der Waals surface area contributed by atoms with Gasteiger partial charge in [-0.3, -0.25) is 0 Å². The lowest BCUT2D eigenvalue weighted by Gasteiger charge is -2.39. The molecule has 1 fully saturated rings. The summed E-state index contributed by atoms with van der Waals surface area (Å²) in [5.41, 5.74) is 1.51. The molecule has 1 aliphatic rings. The van der Waals surface area contributed by atoms with Gasteiger partial charge in [0.1, 0.15) is 5.75 Å². The molecule has 94 valence electrons. The summed E-state index contributed by atoms with van der Waals surface area (Å²) in [6, 6.07) is 8.45. The van der Waals surface area contributed by atoms with Crippen LogP contribution in [-0.4, -0.2) is 26.9 Å². The van der Waals surface area contributed by atoms with Gasteiger partial charge in [-0.2, -0.15) is 0 Å². The van der Waals surface area contributed by atoms with Gasteiger partial charge in [-0.05, 0) is 13.0 Å². The number of benzene rings is 1. The minimum atomic E-state index is 0.295. The van der Waals surface area contributed by atoms with Crippen LogP contribution in [0.5, 0.6) is 5.75 Å². The Balaban J connectivity index is 1.96. The van der Waals surface area contributed by atoms with Gasteiger partial charge in [-0.25, -0.2) is 0 Å². The summed E-state index contributed by atoms with van der Waals surface area (Å²) in [6.45, 7) is 7.11. The van der Waals surface area contributed by atoms with E-state index in [0.717, 1.165) is 25.5 Å². The van der Waals surface area contributed by atoms with Crippen molar-refractivity contribution in [2.45, 2.75) is 19.9 Å². The average Bonchev–Trinajstić information content (AvgIpc) is 2.33. The van der Waals surface area contributed by atoms with Gasteiger partial charge < -0.3 is 14.8 Å². The molecule has 0 aliphatic carbocycles. The highest BCUT2D eigenvalue weighted by Crippen LogP contribution is 2.28. The van der Waals surface area contributed by atoms with Gasteiger partial charge >= 0.3 is 0 Å². The fraction of sp³-hybridized carbons (Fsp3) is 0.571. The van der Waals surface area contributed by atoms with Crippen LogP contribution in [0.3, 0.4) is 0 Å². The SMILES string of the molecule is COc1ccccc1[C@H](C)NCC1(C)COC1. The first-order valence-corrected chi connectivity index (χ1v) is 6.09. The van der Waals surface area contributed by atoms with Gasteiger partial charge in [0.25, 0.3) is 0 Å². The van der Waals surface area contributed by atoms with Crippen molar-refractivity contribution in [3.8, 4) is 5.75 Å². The molecule has 0 amide bonds. The van der Waals surface area contributed by atoms with E-state index in [0.29, 0.717) is 11.5 Å². The Hall–Kier alpha value is -1.06. The fourth-order valence-corrected chi connectivity index (χ4v) is 2.09. The smallest absolute Gasteiger partial charge is 0.123 e. The molecule has 1 aromatic rings. The van der Waals surface area contributed by atoms with E-state index < -0.39 is 0 Å². The van der Waals surface area contributed by atoms with Crippen LogP contribution in [0.15, 0.2) is 24.3 Å². The monoisotopic (exact) mass is 235 g/mol. The largest absolute Gasteiger partial charge is 0.496 e. The number of ether oxygens (including phenoxy) is 2. The maximum Gasteiger partial charge on any atom is 0.123 e. The molecule has 1 atom stereocenters. The van der Waals surface area contributed by atoms with E-state index in [2.05, 4.69) is 25.2 Å². The maximum atomic E-state index is 5.37. The first-order chi connectivity index (χ1) is 8.14. The highest BCUT2D eigenvalue weighted by Gasteiger charge is 2.33. The van der Waals surface area contributed by atoms with Crippen molar-refractivity contribution < 1.29 is 9.47 Å². The summed E-state index contributed by atoms with van der Waals surface area (Å²) in [7, 11) is 1.71. The first-order valence-electron chi connectivity index (χ1n) is 6.09. The molecule has 1 heterocycles. The fourth-order valence-electron chi connectivity index (χ4n) is 2.09. The van der Waals surface area contributed by atoms with Gasteiger partial charge in [0.15, 0.2) is 0 Å². The van der Waals surface area contributed by atoms with Gasteiger partial charge in [-0.15, -0.1) is 0 Å².